The minimum atomic E-state index is -0.213. The number of amides is 1. The van der Waals surface area contributed by atoms with Gasteiger partial charge in [0.2, 0.25) is 5.95 Å². The van der Waals surface area contributed by atoms with Gasteiger partial charge in [-0.15, -0.1) is 0 Å². The van der Waals surface area contributed by atoms with E-state index in [0.29, 0.717) is 55.0 Å². The van der Waals surface area contributed by atoms with Crippen molar-refractivity contribution in [2.45, 2.75) is 19.5 Å². The van der Waals surface area contributed by atoms with E-state index in [1.54, 1.807) is 47.2 Å². The summed E-state index contributed by atoms with van der Waals surface area (Å²) in [5, 5.41) is 0.395. The third-order valence-electron chi connectivity index (χ3n) is 5.57. The summed E-state index contributed by atoms with van der Waals surface area (Å²) in [5.41, 5.74) is 8.64. The lowest BCUT2D eigenvalue weighted by Crippen LogP contribution is -2.37. The van der Waals surface area contributed by atoms with Crippen molar-refractivity contribution in [3.05, 3.63) is 64.0 Å². The van der Waals surface area contributed by atoms with Crippen molar-refractivity contribution in [3.63, 3.8) is 0 Å². The van der Waals surface area contributed by atoms with E-state index < -0.39 is 0 Å². The Morgan fingerprint density at radius 3 is 3.00 bits per heavy atom. The highest BCUT2D eigenvalue weighted by Gasteiger charge is 2.27. The lowest BCUT2D eigenvalue weighted by molar-refractivity contribution is 0.0719. The Hall–Kier alpha value is -3.79. The molecule has 0 aromatic carbocycles. The van der Waals surface area contributed by atoms with Crippen molar-refractivity contribution in [2.75, 3.05) is 26.0 Å². The molecule has 4 aromatic rings. The summed E-state index contributed by atoms with van der Waals surface area (Å²) in [6, 6.07) is 6.99. The number of fused-ring (bicyclic) bond motifs is 3. The summed E-state index contributed by atoms with van der Waals surface area (Å²) in [6.45, 7) is 1.64. The molecule has 5 heterocycles. The van der Waals surface area contributed by atoms with Crippen molar-refractivity contribution in [3.8, 4) is 0 Å². The average molecular weight is 419 g/mol. The average Bonchev–Trinajstić information content (AvgIpc) is 3.15. The lowest BCUT2D eigenvalue weighted by atomic mass is 10.1. The molecule has 1 amide bonds. The Morgan fingerprint density at radius 1 is 1.29 bits per heavy atom. The second kappa shape index (κ2) is 7.47. The van der Waals surface area contributed by atoms with E-state index in [4.69, 9.17) is 10.5 Å². The fourth-order valence-corrected chi connectivity index (χ4v) is 3.99. The summed E-state index contributed by atoms with van der Waals surface area (Å²) in [4.78, 5) is 41.2. The molecule has 0 aliphatic carbocycles. The molecule has 1 aliphatic rings. The molecule has 10 nitrogen and oxygen atoms in total. The largest absolute Gasteiger partial charge is 0.383 e. The highest BCUT2D eigenvalue weighted by molar-refractivity contribution is 5.98. The van der Waals surface area contributed by atoms with Gasteiger partial charge in [-0.1, -0.05) is 6.07 Å². The van der Waals surface area contributed by atoms with E-state index in [2.05, 4.69) is 15.0 Å². The number of hydrogen-bond donors (Lipinski definition) is 1. The van der Waals surface area contributed by atoms with E-state index in [1.165, 1.54) is 4.40 Å². The first-order valence-electron chi connectivity index (χ1n) is 9.96. The number of ether oxygens (including phenoxy) is 1. The van der Waals surface area contributed by atoms with Crippen molar-refractivity contribution in [2.24, 2.45) is 0 Å². The molecule has 0 atom stereocenters. The van der Waals surface area contributed by atoms with Crippen LogP contribution < -0.4 is 11.3 Å². The maximum Gasteiger partial charge on any atom is 0.270 e. The Kier molecular flexibility index (Phi) is 4.63. The number of anilines is 1. The first kappa shape index (κ1) is 19.2. The number of hydrogen-bond acceptors (Lipinski definition) is 7. The van der Waals surface area contributed by atoms with Gasteiger partial charge in [-0.3, -0.25) is 14.0 Å². The molecule has 10 heteroatoms. The van der Waals surface area contributed by atoms with Crippen LogP contribution in [0.2, 0.25) is 0 Å². The quantitative estimate of drug-likeness (QED) is 0.521. The number of nitrogens with two attached hydrogens (primary N) is 1. The Morgan fingerprint density at radius 2 is 2.16 bits per heavy atom. The van der Waals surface area contributed by atoms with Gasteiger partial charge in [0.15, 0.2) is 0 Å². The second-order valence-corrected chi connectivity index (χ2v) is 7.43. The zero-order valence-electron chi connectivity index (χ0n) is 17.0. The number of nitrogens with zero attached hydrogens (tertiary/aromatic N) is 6. The first-order valence-corrected chi connectivity index (χ1v) is 9.96. The van der Waals surface area contributed by atoms with Gasteiger partial charge in [0.25, 0.3) is 11.5 Å². The summed E-state index contributed by atoms with van der Waals surface area (Å²) >= 11 is 0. The molecule has 158 valence electrons. The molecular formula is C21H21N7O3. The number of carbonyl (C=O) groups excluding carboxylic acids is 1. The molecule has 4 aromatic heterocycles. The topological polar surface area (TPSA) is 121 Å². The number of pyridine rings is 1. The molecule has 0 spiro atoms. The van der Waals surface area contributed by atoms with Crippen LogP contribution in [-0.4, -0.2) is 55.0 Å². The zero-order chi connectivity index (χ0) is 21.5. The maximum absolute atomic E-state index is 13.5. The molecule has 0 saturated heterocycles. The van der Waals surface area contributed by atoms with Crippen molar-refractivity contribution in [1.29, 1.82) is 0 Å². The van der Waals surface area contributed by atoms with Crippen LogP contribution in [-0.2, 0) is 24.2 Å². The van der Waals surface area contributed by atoms with Gasteiger partial charge >= 0.3 is 0 Å². The van der Waals surface area contributed by atoms with Crippen LogP contribution in [0.3, 0.4) is 0 Å². The molecular weight excluding hydrogens is 398 g/mol. The van der Waals surface area contributed by atoms with Crippen LogP contribution in [0.4, 0.5) is 5.95 Å². The van der Waals surface area contributed by atoms with Crippen molar-refractivity contribution < 1.29 is 9.53 Å². The van der Waals surface area contributed by atoms with Gasteiger partial charge in [0, 0.05) is 32.6 Å². The SMILES string of the molecule is COCCn1c(C(=O)N2CCc3cnc(N)nc3C2)cc2c(=O)n3ccccc3nc21. The summed E-state index contributed by atoms with van der Waals surface area (Å²) in [5.74, 6) is -0.00318. The van der Waals surface area contributed by atoms with Gasteiger partial charge in [0.1, 0.15) is 17.0 Å². The summed E-state index contributed by atoms with van der Waals surface area (Å²) in [7, 11) is 1.59. The Balaban J connectivity index is 1.61. The normalized spacial score (nSPS) is 13.6. The van der Waals surface area contributed by atoms with Crippen LogP contribution in [0.15, 0.2) is 41.5 Å². The monoisotopic (exact) mass is 419 g/mol. The molecule has 0 radical (unpaired) electrons. The second-order valence-electron chi connectivity index (χ2n) is 7.43. The van der Waals surface area contributed by atoms with E-state index in [-0.39, 0.29) is 17.4 Å². The standard InChI is InChI=1S/C21H21N7O3/c1-31-9-8-27-16(10-14-18(27)25-17-4-2-3-6-28(17)19(14)29)20(30)26-7-5-13-11-23-21(22)24-15(13)12-26/h2-4,6,10-11H,5,7-9,12H2,1H3,(H2,22,23,24). The van der Waals surface area contributed by atoms with Crippen LogP contribution in [0.5, 0.6) is 0 Å². The number of rotatable bonds is 4. The molecule has 1 aliphatic heterocycles. The fraction of sp³-hybridized carbons (Fsp3) is 0.286. The van der Waals surface area contributed by atoms with Crippen LogP contribution in [0.25, 0.3) is 16.7 Å². The minimum absolute atomic E-state index is 0.186. The molecule has 0 saturated carbocycles. The molecule has 0 bridgehead atoms. The third-order valence-corrected chi connectivity index (χ3v) is 5.57. The number of aromatic nitrogens is 5. The van der Waals surface area contributed by atoms with Crippen LogP contribution in [0.1, 0.15) is 21.7 Å². The summed E-state index contributed by atoms with van der Waals surface area (Å²) < 4.78 is 8.48. The van der Waals surface area contributed by atoms with Gasteiger partial charge in [-0.05, 0) is 30.2 Å². The Bertz CT molecular complexity index is 1370. The van der Waals surface area contributed by atoms with E-state index in [1.807, 2.05) is 6.07 Å². The highest BCUT2D eigenvalue weighted by Crippen LogP contribution is 2.22. The number of nitrogen functional groups attached to an aromatic ring is 1. The van der Waals surface area contributed by atoms with Gasteiger partial charge < -0.3 is 19.9 Å². The molecule has 0 fully saturated rings. The maximum atomic E-state index is 13.5. The highest BCUT2D eigenvalue weighted by atomic mass is 16.5. The fourth-order valence-electron chi connectivity index (χ4n) is 3.99. The molecule has 5 rings (SSSR count). The molecule has 2 N–H and O–H groups in total. The summed E-state index contributed by atoms with van der Waals surface area (Å²) in [6.07, 6.45) is 4.03. The molecule has 31 heavy (non-hydrogen) atoms. The minimum Gasteiger partial charge on any atom is -0.383 e. The van der Waals surface area contributed by atoms with Crippen LogP contribution in [0, 0.1) is 0 Å². The molecule has 0 unspecified atom stereocenters. The van der Waals surface area contributed by atoms with Gasteiger partial charge in [-0.2, -0.15) is 0 Å². The van der Waals surface area contributed by atoms with E-state index in [0.717, 1.165) is 11.3 Å². The van der Waals surface area contributed by atoms with E-state index in [9.17, 15) is 9.59 Å². The third kappa shape index (κ3) is 3.21. The van der Waals surface area contributed by atoms with Gasteiger partial charge in [0.05, 0.1) is 24.2 Å². The lowest BCUT2D eigenvalue weighted by Gasteiger charge is -2.28. The van der Waals surface area contributed by atoms with Crippen molar-refractivity contribution >= 4 is 28.5 Å². The first-order chi connectivity index (χ1) is 15.1. The zero-order valence-corrected chi connectivity index (χ0v) is 17.0. The number of methoxy groups -OCH3 is 1. The van der Waals surface area contributed by atoms with Gasteiger partial charge in [-0.25, -0.2) is 15.0 Å². The number of carbonyl (C=O) groups is 1. The van der Waals surface area contributed by atoms with Crippen LogP contribution >= 0.6 is 0 Å². The predicted molar refractivity (Wildman–Crippen MR) is 114 cm³/mol. The Labute approximate surface area is 176 Å². The smallest absolute Gasteiger partial charge is 0.270 e. The van der Waals surface area contributed by atoms with E-state index >= 15 is 0 Å². The van der Waals surface area contributed by atoms with Crippen molar-refractivity contribution in [1.82, 2.24) is 28.8 Å². The predicted octanol–water partition coefficient (Wildman–Crippen LogP) is 0.866.